The van der Waals surface area contributed by atoms with Crippen LogP contribution in [0.3, 0.4) is 0 Å². The summed E-state index contributed by atoms with van der Waals surface area (Å²) in [6, 6.07) is 6.21. The molecule has 3 rings (SSSR count). The van der Waals surface area contributed by atoms with Crippen LogP contribution in [0, 0.1) is 17.1 Å². The zero-order valence-corrected chi connectivity index (χ0v) is 11.7. The van der Waals surface area contributed by atoms with Gasteiger partial charge in [-0.25, -0.2) is 9.37 Å². The van der Waals surface area contributed by atoms with Crippen molar-refractivity contribution in [3.63, 3.8) is 0 Å². The van der Waals surface area contributed by atoms with Crippen molar-refractivity contribution in [2.45, 2.75) is 5.16 Å². The molecule has 2 heterocycles. The summed E-state index contributed by atoms with van der Waals surface area (Å²) in [7, 11) is 0. The molecule has 0 bridgehead atoms. The van der Waals surface area contributed by atoms with E-state index in [1.54, 1.807) is 18.5 Å². The molecule has 21 heavy (non-hydrogen) atoms. The van der Waals surface area contributed by atoms with Crippen molar-refractivity contribution < 1.29 is 4.39 Å². The lowest BCUT2D eigenvalue weighted by Gasteiger charge is -2.07. The first kappa shape index (κ1) is 13.4. The van der Waals surface area contributed by atoms with E-state index in [1.165, 1.54) is 23.9 Å². The number of thioether (sulfide) groups is 1. The van der Waals surface area contributed by atoms with E-state index in [2.05, 4.69) is 15.0 Å². The molecule has 0 unspecified atom stereocenters. The Morgan fingerprint density at radius 2 is 2.24 bits per heavy atom. The van der Waals surface area contributed by atoms with Crippen LogP contribution in [0.2, 0.25) is 0 Å². The maximum Gasteiger partial charge on any atom is 0.270 e. The molecular weight excluding hydrogens is 291 g/mol. The van der Waals surface area contributed by atoms with Gasteiger partial charge in [-0.1, -0.05) is 11.8 Å². The van der Waals surface area contributed by atoms with Gasteiger partial charge in [0.05, 0.1) is 11.2 Å². The highest BCUT2D eigenvalue weighted by Crippen LogP contribution is 2.29. The van der Waals surface area contributed by atoms with E-state index >= 15 is 0 Å². The van der Waals surface area contributed by atoms with Gasteiger partial charge in [-0.3, -0.25) is 4.79 Å². The molecule has 3 aromatic rings. The minimum Gasteiger partial charge on any atom is -0.361 e. The van der Waals surface area contributed by atoms with Crippen LogP contribution in [-0.4, -0.2) is 21.2 Å². The Labute approximate surface area is 122 Å². The third kappa shape index (κ3) is 2.19. The summed E-state index contributed by atoms with van der Waals surface area (Å²) in [5, 5.41) is 10.2. The van der Waals surface area contributed by atoms with Crippen molar-refractivity contribution in [1.29, 1.82) is 5.26 Å². The number of nitrogens with one attached hydrogen (secondary N) is 2. The van der Waals surface area contributed by atoms with Crippen molar-refractivity contribution in [2.24, 2.45) is 0 Å². The van der Waals surface area contributed by atoms with Crippen molar-refractivity contribution in [2.75, 3.05) is 6.26 Å². The Morgan fingerprint density at radius 1 is 1.43 bits per heavy atom. The van der Waals surface area contributed by atoms with Crippen LogP contribution in [0.15, 0.2) is 34.3 Å². The van der Waals surface area contributed by atoms with Gasteiger partial charge < -0.3 is 9.97 Å². The Bertz CT molecular complexity index is 938. The molecule has 0 saturated carbocycles. The molecule has 0 amide bonds. The molecule has 0 radical (unpaired) electrons. The largest absolute Gasteiger partial charge is 0.361 e. The normalized spacial score (nSPS) is 10.7. The van der Waals surface area contributed by atoms with Crippen molar-refractivity contribution >= 4 is 22.7 Å². The van der Waals surface area contributed by atoms with Gasteiger partial charge in [-0.2, -0.15) is 5.26 Å². The van der Waals surface area contributed by atoms with Crippen molar-refractivity contribution in [3.05, 3.63) is 46.1 Å². The third-order valence-electron chi connectivity index (χ3n) is 3.08. The highest BCUT2D eigenvalue weighted by molar-refractivity contribution is 7.98. The third-order valence-corrected chi connectivity index (χ3v) is 3.66. The minimum atomic E-state index is -0.532. The van der Waals surface area contributed by atoms with Gasteiger partial charge in [0.1, 0.15) is 17.4 Å². The molecule has 0 atom stereocenters. The number of halogens is 1. The first-order chi connectivity index (χ1) is 10.1. The van der Waals surface area contributed by atoms with E-state index in [0.717, 1.165) is 0 Å². The Hall–Kier alpha value is -2.59. The average Bonchev–Trinajstić information content (AvgIpc) is 2.93. The van der Waals surface area contributed by atoms with E-state index in [1.807, 2.05) is 6.07 Å². The molecule has 2 aromatic heterocycles. The molecule has 5 nitrogen and oxygen atoms in total. The Kier molecular flexibility index (Phi) is 3.23. The number of fused-ring (bicyclic) bond motifs is 1. The topological polar surface area (TPSA) is 85.3 Å². The van der Waals surface area contributed by atoms with E-state index in [4.69, 9.17) is 0 Å². The number of hydrogen-bond donors (Lipinski definition) is 2. The number of nitriles is 1. The summed E-state index contributed by atoms with van der Waals surface area (Å²) in [5.41, 5.74) is 0.550. The standard InChI is InChI=1S/C14H9FN4OS/c1-21-14-18-12(10(6-16)13(20)19-14)9-5-8(15)4-7-2-3-17-11(7)9/h2-5,17H,1H3,(H,18,19,20). The summed E-state index contributed by atoms with van der Waals surface area (Å²) in [6.45, 7) is 0. The molecule has 2 N–H and O–H groups in total. The number of aromatic nitrogens is 3. The molecule has 104 valence electrons. The van der Waals surface area contributed by atoms with Gasteiger partial charge >= 0.3 is 0 Å². The zero-order valence-electron chi connectivity index (χ0n) is 10.9. The zero-order chi connectivity index (χ0) is 15.0. The summed E-state index contributed by atoms with van der Waals surface area (Å²) in [6.07, 6.45) is 3.42. The molecule has 0 fully saturated rings. The quantitative estimate of drug-likeness (QED) is 0.563. The summed E-state index contributed by atoms with van der Waals surface area (Å²) in [4.78, 5) is 21.7. The number of benzene rings is 1. The van der Waals surface area contributed by atoms with Crippen LogP contribution >= 0.6 is 11.8 Å². The van der Waals surface area contributed by atoms with Gasteiger partial charge in [0.2, 0.25) is 0 Å². The van der Waals surface area contributed by atoms with Gasteiger partial charge in [0, 0.05) is 17.1 Å². The maximum atomic E-state index is 13.8. The lowest BCUT2D eigenvalue weighted by atomic mass is 10.0. The summed E-state index contributed by atoms with van der Waals surface area (Å²) >= 11 is 1.24. The van der Waals surface area contributed by atoms with Crippen LogP contribution < -0.4 is 5.56 Å². The highest BCUT2D eigenvalue weighted by Gasteiger charge is 2.17. The van der Waals surface area contributed by atoms with Gasteiger partial charge in [0.25, 0.3) is 5.56 Å². The van der Waals surface area contributed by atoms with Crippen LogP contribution in [0.5, 0.6) is 0 Å². The monoisotopic (exact) mass is 300 g/mol. The molecule has 0 spiro atoms. The minimum absolute atomic E-state index is 0.130. The fraction of sp³-hybridized carbons (Fsp3) is 0.0714. The molecule has 0 aliphatic heterocycles. The van der Waals surface area contributed by atoms with Gasteiger partial charge in [0.15, 0.2) is 5.16 Å². The lowest BCUT2D eigenvalue weighted by Crippen LogP contribution is -2.14. The summed E-state index contributed by atoms with van der Waals surface area (Å²) in [5.74, 6) is -0.450. The van der Waals surface area contributed by atoms with Gasteiger partial charge in [-0.15, -0.1) is 0 Å². The molecule has 0 aliphatic rings. The van der Waals surface area contributed by atoms with Crippen LogP contribution in [-0.2, 0) is 0 Å². The average molecular weight is 300 g/mol. The maximum absolute atomic E-state index is 13.8. The van der Waals surface area contributed by atoms with Crippen LogP contribution in [0.25, 0.3) is 22.2 Å². The van der Waals surface area contributed by atoms with Crippen molar-refractivity contribution in [3.8, 4) is 17.3 Å². The Morgan fingerprint density at radius 3 is 2.95 bits per heavy atom. The fourth-order valence-corrected chi connectivity index (χ4v) is 2.55. The number of aromatic amines is 2. The second-order valence-corrected chi connectivity index (χ2v) is 5.10. The molecule has 7 heteroatoms. The van der Waals surface area contributed by atoms with Crippen molar-refractivity contribution in [1.82, 2.24) is 15.0 Å². The fourth-order valence-electron chi connectivity index (χ4n) is 2.17. The molecule has 1 aromatic carbocycles. The number of rotatable bonds is 2. The van der Waals surface area contributed by atoms with E-state index in [0.29, 0.717) is 21.6 Å². The predicted molar refractivity (Wildman–Crippen MR) is 78.6 cm³/mol. The lowest BCUT2D eigenvalue weighted by molar-refractivity contribution is 0.630. The van der Waals surface area contributed by atoms with Crippen LogP contribution in [0.4, 0.5) is 4.39 Å². The molecule has 0 saturated heterocycles. The van der Waals surface area contributed by atoms with E-state index in [9.17, 15) is 14.4 Å². The van der Waals surface area contributed by atoms with Gasteiger partial charge in [-0.05, 0) is 24.5 Å². The van der Waals surface area contributed by atoms with E-state index in [-0.39, 0.29) is 11.3 Å². The molecule has 0 aliphatic carbocycles. The van der Waals surface area contributed by atoms with E-state index < -0.39 is 11.4 Å². The Balaban J connectivity index is 2.42. The SMILES string of the molecule is CSc1nc(-c2cc(F)cc3cc[nH]c23)c(C#N)c(=O)[nH]1. The smallest absolute Gasteiger partial charge is 0.270 e. The summed E-state index contributed by atoms with van der Waals surface area (Å²) < 4.78 is 13.8. The first-order valence-electron chi connectivity index (χ1n) is 5.99. The molecular formula is C14H9FN4OS. The van der Waals surface area contributed by atoms with Crippen LogP contribution in [0.1, 0.15) is 5.56 Å². The highest BCUT2D eigenvalue weighted by atomic mass is 32.2. The second kappa shape index (κ2) is 5.07. The number of nitrogens with zero attached hydrogens (tertiary/aromatic N) is 2. The number of hydrogen-bond acceptors (Lipinski definition) is 4. The predicted octanol–water partition coefficient (Wildman–Crippen LogP) is 2.65. The second-order valence-electron chi connectivity index (χ2n) is 4.31. The first-order valence-corrected chi connectivity index (χ1v) is 7.22. The number of H-pyrrole nitrogens is 2.